The molecular weight excluding hydrogens is 148 g/mol. The number of nitrogens with two attached hydrogens (primary N) is 2. The van der Waals surface area contributed by atoms with Crippen molar-refractivity contribution in [1.82, 2.24) is 0 Å². The number of aliphatic hydroxyl groups excluding tert-OH is 2. The Hall–Kier alpha value is -0.200. The quantitative estimate of drug-likeness (QED) is 0.342. The Labute approximate surface area is 64.9 Å². The smallest absolute Gasteiger partial charge is 0.109 e. The molecule has 1 fully saturated rings. The highest BCUT2D eigenvalue weighted by Crippen LogP contribution is 2.15. The van der Waals surface area contributed by atoms with Crippen LogP contribution in [0, 0.1) is 6.61 Å². The van der Waals surface area contributed by atoms with Crippen LogP contribution in [-0.4, -0.2) is 41.1 Å². The fraction of sp³-hybridized carbons (Fsp3) is 0.833. The van der Waals surface area contributed by atoms with Gasteiger partial charge in [-0.05, 0) is 0 Å². The molecular formula is C6H13N2O3. The highest BCUT2D eigenvalue weighted by atomic mass is 16.5. The summed E-state index contributed by atoms with van der Waals surface area (Å²) in [4.78, 5) is 0. The summed E-state index contributed by atoms with van der Waals surface area (Å²) >= 11 is 0. The number of hydrogen-bond acceptors (Lipinski definition) is 5. The third kappa shape index (κ3) is 1.69. The van der Waals surface area contributed by atoms with Crippen molar-refractivity contribution in [1.29, 1.82) is 0 Å². The predicted octanol–water partition coefficient (Wildman–Crippen LogP) is -2.45. The van der Waals surface area contributed by atoms with Crippen LogP contribution in [0.2, 0.25) is 0 Å². The zero-order valence-corrected chi connectivity index (χ0v) is 6.05. The molecule has 6 N–H and O–H groups in total. The Morgan fingerprint density at radius 2 is 2.00 bits per heavy atom. The first-order valence-electron chi connectivity index (χ1n) is 3.47. The highest BCUT2D eigenvalue weighted by Gasteiger charge is 2.35. The second-order valence-corrected chi connectivity index (χ2v) is 2.60. The van der Waals surface area contributed by atoms with Crippen molar-refractivity contribution in [3.05, 3.63) is 6.61 Å². The van der Waals surface area contributed by atoms with Gasteiger partial charge in [0, 0.05) is 6.54 Å². The summed E-state index contributed by atoms with van der Waals surface area (Å²) in [6.45, 7) is 1.47. The first-order valence-corrected chi connectivity index (χ1v) is 3.47. The molecule has 0 bridgehead atoms. The third-order valence-electron chi connectivity index (χ3n) is 1.77. The van der Waals surface area contributed by atoms with Crippen LogP contribution in [0.25, 0.3) is 0 Å². The lowest BCUT2D eigenvalue weighted by Crippen LogP contribution is -2.56. The summed E-state index contributed by atoms with van der Waals surface area (Å²) in [5, 5.41) is 18.5. The molecule has 1 radical (unpaired) electrons. The molecule has 1 aliphatic heterocycles. The molecule has 0 aromatic rings. The van der Waals surface area contributed by atoms with E-state index in [0.29, 0.717) is 0 Å². The van der Waals surface area contributed by atoms with Gasteiger partial charge in [0.15, 0.2) is 0 Å². The van der Waals surface area contributed by atoms with Crippen molar-refractivity contribution < 1.29 is 14.9 Å². The Kier molecular flexibility index (Phi) is 2.80. The largest absolute Gasteiger partial charge is 0.389 e. The van der Waals surface area contributed by atoms with Crippen molar-refractivity contribution in [2.75, 3.05) is 6.54 Å². The molecule has 65 valence electrons. The van der Waals surface area contributed by atoms with Gasteiger partial charge >= 0.3 is 0 Å². The van der Waals surface area contributed by atoms with Crippen molar-refractivity contribution >= 4 is 0 Å². The van der Waals surface area contributed by atoms with Crippen LogP contribution in [0.4, 0.5) is 0 Å². The van der Waals surface area contributed by atoms with Gasteiger partial charge in [-0.3, -0.25) is 0 Å². The average Bonchev–Trinajstić information content (AvgIpc) is 2.01. The van der Waals surface area contributed by atoms with E-state index >= 15 is 0 Å². The highest BCUT2D eigenvalue weighted by molar-refractivity contribution is 4.94. The van der Waals surface area contributed by atoms with Crippen LogP contribution in [-0.2, 0) is 4.74 Å². The maximum absolute atomic E-state index is 9.25. The molecule has 5 heteroatoms. The van der Waals surface area contributed by atoms with Crippen LogP contribution >= 0.6 is 0 Å². The van der Waals surface area contributed by atoms with E-state index in [1.807, 2.05) is 0 Å². The summed E-state index contributed by atoms with van der Waals surface area (Å²) in [7, 11) is 0. The number of ether oxygens (including phenoxy) is 1. The van der Waals surface area contributed by atoms with E-state index in [9.17, 15) is 10.2 Å². The van der Waals surface area contributed by atoms with Gasteiger partial charge in [-0.1, -0.05) is 0 Å². The van der Waals surface area contributed by atoms with Gasteiger partial charge in [0.05, 0.1) is 12.1 Å². The predicted molar refractivity (Wildman–Crippen MR) is 38.2 cm³/mol. The van der Waals surface area contributed by atoms with Gasteiger partial charge in [-0.2, -0.15) is 0 Å². The van der Waals surface area contributed by atoms with Gasteiger partial charge < -0.3 is 26.4 Å². The minimum atomic E-state index is -0.986. The van der Waals surface area contributed by atoms with Gasteiger partial charge in [-0.15, -0.1) is 0 Å². The zero-order valence-electron chi connectivity index (χ0n) is 6.05. The van der Waals surface area contributed by atoms with Crippen molar-refractivity contribution in [2.24, 2.45) is 11.5 Å². The third-order valence-corrected chi connectivity index (χ3v) is 1.77. The summed E-state index contributed by atoms with van der Waals surface area (Å²) in [6, 6.07) is -0.632. The van der Waals surface area contributed by atoms with Crippen molar-refractivity contribution in [2.45, 2.75) is 24.4 Å². The molecule has 0 aromatic carbocycles. The molecule has 1 rings (SSSR count). The lowest BCUT2D eigenvalue weighted by molar-refractivity contribution is -0.115. The Balaban J connectivity index is 2.52. The van der Waals surface area contributed by atoms with E-state index < -0.39 is 24.4 Å². The van der Waals surface area contributed by atoms with Gasteiger partial charge in [0.25, 0.3) is 0 Å². The molecule has 4 atom stereocenters. The van der Waals surface area contributed by atoms with Crippen molar-refractivity contribution in [3.63, 3.8) is 0 Å². The van der Waals surface area contributed by atoms with E-state index in [1.54, 1.807) is 0 Å². The first-order chi connectivity index (χ1) is 5.16. The molecule has 0 amide bonds. The van der Waals surface area contributed by atoms with Crippen LogP contribution in [0.3, 0.4) is 0 Å². The maximum Gasteiger partial charge on any atom is 0.109 e. The van der Waals surface area contributed by atoms with Gasteiger partial charge in [0.2, 0.25) is 0 Å². The second kappa shape index (κ2) is 3.46. The summed E-state index contributed by atoms with van der Waals surface area (Å²) in [5.74, 6) is 0. The molecule has 5 nitrogen and oxygen atoms in total. The lowest BCUT2D eigenvalue weighted by atomic mass is 9.99. The maximum atomic E-state index is 9.25. The summed E-state index contributed by atoms with van der Waals surface area (Å²) < 4.78 is 4.94. The summed E-state index contributed by atoms with van der Waals surface area (Å²) in [5.41, 5.74) is 10.6. The van der Waals surface area contributed by atoms with Crippen LogP contribution in [0.15, 0.2) is 0 Å². The summed E-state index contributed by atoms with van der Waals surface area (Å²) in [6.07, 6.45) is -2.50. The average molecular weight is 161 g/mol. The second-order valence-electron chi connectivity index (χ2n) is 2.60. The molecule has 0 aliphatic carbocycles. The van der Waals surface area contributed by atoms with Crippen LogP contribution in [0.5, 0.6) is 0 Å². The van der Waals surface area contributed by atoms with Gasteiger partial charge in [-0.25, -0.2) is 0 Å². The zero-order chi connectivity index (χ0) is 8.43. The van der Waals surface area contributed by atoms with E-state index in [0.717, 1.165) is 0 Å². The molecule has 11 heavy (non-hydrogen) atoms. The monoisotopic (exact) mass is 161 g/mol. The number of aliphatic hydroxyl groups is 2. The molecule has 0 spiro atoms. The topological polar surface area (TPSA) is 102 Å². The SMILES string of the molecule is NC[C@H]1O[CH][C@@H](N)[C@@H](O)[C@@H]1O. The molecule has 0 unspecified atom stereocenters. The lowest BCUT2D eigenvalue weighted by Gasteiger charge is -2.34. The first kappa shape index (κ1) is 8.89. The van der Waals surface area contributed by atoms with Crippen LogP contribution in [0.1, 0.15) is 0 Å². The van der Waals surface area contributed by atoms with Gasteiger partial charge in [0.1, 0.15) is 18.8 Å². The van der Waals surface area contributed by atoms with E-state index in [-0.39, 0.29) is 6.54 Å². The fourth-order valence-electron chi connectivity index (χ4n) is 0.995. The molecule has 0 aromatic heterocycles. The molecule has 1 saturated heterocycles. The minimum Gasteiger partial charge on any atom is -0.389 e. The molecule has 1 aliphatic rings. The fourth-order valence-corrected chi connectivity index (χ4v) is 0.995. The Bertz CT molecular complexity index is 131. The van der Waals surface area contributed by atoms with E-state index in [4.69, 9.17) is 16.2 Å². The van der Waals surface area contributed by atoms with Crippen LogP contribution < -0.4 is 11.5 Å². The standard InChI is InChI=1S/C6H13N2O3/c7-1-4-6(10)5(9)3(8)2-11-4/h2-6,9-10H,1,7-8H2/t3-,4-,5-,6-/m1/s1. The Morgan fingerprint density at radius 3 is 2.55 bits per heavy atom. The normalized spacial score (nSPS) is 45.8. The van der Waals surface area contributed by atoms with E-state index in [2.05, 4.69) is 0 Å². The number of hydrogen-bond donors (Lipinski definition) is 4. The molecule has 0 saturated carbocycles. The number of rotatable bonds is 1. The van der Waals surface area contributed by atoms with Crippen molar-refractivity contribution in [3.8, 4) is 0 Å². The minimum absolute atomic E-state index is 0.168. The van der Waals surface area contributed by atoms with E-state index in [1.165, 1.54) is 6.61 Å². The molecule has 1 heterocycles. The Morgan fingerprint density at radius 1 is 1.36 bits per heavy atom.